The average Bonchev–Trinajstić information content (AvgIpc) is 2.28. The standard InChI is InChI=1S/C12H19NO2/c1-4-10(13-2)7-9-5-6-11(14)12(8-9)15-3/h5-6,8,10,13-14H,4,7H2,1-3H3. The minimum Gasteiger partial charge on any atom is -0.504 e. The van der Waals surface area contributed by atoms with Crippen molar-refractivity contribution in [2.75, 3.05) is 14.2 Å². The van der Waals surface area contributed by atoms with Gasteiger partial charge < -0.3 is 15.2 Å². The van der Waals surface area contributed by atoms with Crippen LogP contribution in [-0.2, 0) is 6.42 Å². The lowest BCUT2D eigenvalue weighted by Gasteiger charge is -2.14. The highest BCUT2D eigenvalue weighted by atomic mass is 16.5. The van der Waals surface area contributed by atoms with Gasteiger partial charge in [-0.1, -0.05) is 13.0 Å². The molecule has 0 bridgehead atoms. The van der Waals surface area contributed by atoms with E-state index in [1.807, 2.05) is 19.2 Å². The summed E-state index contributed by atoms with van der Waals surface area (Å²) in [5.74, 6) is 0.734. The minimum atomic E-state index is 0.193. The van der Waals surface area contributed by atoms with Gasteiger partial charge in [-0.15, -0.1) is 0 Å². The second-order valence-corrected chi connectivity index (χ2v) is 3.60. The van der Waals surface area contributed by atoms with E-state index >= 15 is 0 Å². The van der Waals surface area contributed by atoms with E-state index in [1.165, 1.54) is 5.56 Å². The predicted molar refractivity (Wildman–Crippen MR) is 61.5 cm³/mol. The van der Waals surface area contributed by atoms with E-state index in [-0.39, 0.29) is 5.75 Å². The van der Waals surface area contributed by atoms with Gasteiger partial charge in [-0.05, 0) is 37.6 Å². The molecule has 1 rings (SSSR count). The van der Waals surface area contributed by atoms with Crippen LogP contribution in [0.5, 0.6) is 11.5 Å². The summed E-state index contributed by atoms with van der Waals surface area (Å²) in [5, 5.41) is 12.7. The number of hydrogen-bond acceptors (Lipinski definition) is 3. The summed E-state index contributed by atoms with van der Waals surface area (Å²) in [4.78, 5) is 0. The monoisotopic (exact) mass is 209 g/mol. The summed E-state index contributed by atoms with van der Waals surface area (Å²) in [7, 11) is 3.53. The molecule has 84 valence electrons. The molecule has 3 nitrogen and oxygen atoms in total. The summed E-state index contributed by atoms with van der Waals surface area (Å²) in [6.07, 6.45) is 2.03. The number of ether oxygens (including phenoxy) is 1. The molecule has 0 spiro atoms. The lowest BCUT2D eigenvalue weighted by atomic mass is 10.0. The fourth-order valence-corrected chi connectivity index (χ4v) is 1.58. The Morgan fingerprint density at radius 1 is 1.47 bits per heavy atom. The van der Waals surface area contributed by atoms with E-state index < -0.39 is 0 Å². The van der Waals surface area contributed by atoms with Gasteiger partial charge in [0.25, 0.3) is 0 Å². The quantitative estimate of drug-likeness (QED) is 0.778. The summed E-state index contributed by atoms with van der Waals surface area (Å²) in [6, 6.07) is 5.96. The van der Waals surface area contributed by atoms with E-state index in [0.29, 0.717) is 11.8 Å². The highest BCUT2D eigenvalue weighted by Crippen LogP contribution is 2.26. The van der Waals surface area contributed by atoms with Gasteiger partial charge in [-0.2, -0.15) is 0 Å². The summed E-state index contributed by atoms with van der Waals surface area (Å²) in [6.45, 7) is 2.15. The van der Waals surface area contributed by atoms with Gasteiger partial charge in [-0.25, -0.2) is 0 Å². The van der Waals surface area contributed by atoms with Crippen molar-refractivity contribution in [3.63, 3.8) is 0 Å². The summed E-state index contributed by atoms with van der Waals surface area (Å²) < 4.78 is 5.06. The van der Waals surface area contributed by atoms with E-state index in [4.69, 9.17) is 4.74 Å². The smallest absolute Gasteiger partial charge is 0.160 e. The maximum absolute atomic E-state index is 9.44. The third kappa shape index (κ3) is 3.13. The van der Waals surface area contributed by atoms with Crippen molar-refractivity contribution in [3.8, 4) is 11.5 Å². The number of rotatable bonds is 5. The van der Waals surface area contributed by atoms with E-state index in [0.717, 1.165) is 12.8 Å². The molecule has 15 heavy (non-hydrogen) atoms. The number of methoxy groups -OCH3 is 1. The molecule has 0 radical (unpaired) electrons. The fourth-order valence-electron chi connectivity index (χ4n) is 1.58. The lowest BCUT2D eigenvalue weighted by Crippen LogP contribution is -2.26. The molecule has 0 aliphatic rings. The second kappa shape index (κ2) is 5.61. The van der Waals surface area contributed by atoms with Crippen LogP contribution in [0.15, 0.2) is 18.2 Å². The van der Waals surface area contributed by atoms with Crippen molar-refractivity contribution < 1.29 is 9.84 Å². The van der Waals surface area contributed by atoms with Crippen LogP contribution < -0.4 is 10.1 Å². The van der Waals surface area contributed by atoms with Gasteiger partial charge >= 0.3 is 0 Å². The van der Waals surface area contributed by atoms with Gasteiger partial charge in [0, 0.05) is 6.04 Å². The maximum Gasteiger partial charge on any atom is 0.160 e. The molecular weight excluding hydrogens is 190 g/mol. The van der Waals surface area contributed by atoms with E-state index in [2.05, 4.69) is 12.2 Å². The predicted octanol–water partition coefficient (Wildman–Crippen LogP) is 1.94. The number of hydrogen-bond donors (Lipinski definition) is 2. The Bertz CT molecular complexity index is 308. The van der Waals surface area contributed by atoms with Crippen LogP contribution in [0, 0.1) is 0 Å². The van der Waals surface area contributed by atoms with Crippen molar-refractivity contribution in [1.82, 2.24) is 5.32 Å². The first-order chi connectivity index (χ1) is 7.21. The zero-order valence-corrected chi connectivity index (χ0v) is 9.58. The summed E-state index contributed by atoms with van der Waals surface area (Å²) >= 11 is 0. The van der Waals surface area contributed by atoms with Crippen molar-refractivity contribution >= 4 is 0 Å². The highest BCUT2D eigenvalue weighted by Gasteiger charge is 2.07. The molecule has 0 aromatic heterocycles. The Morgan fingerprint density at radius 3 is 2.73 bits per heavy atom. The third-order valence-corrected chi connectivity index (χ3v) is 2.63. The molecule has 1 unspecified atom stereocenters. The largest absolute Gasteiger partial charge is 0.504 e. The van der Waals surface area contributed by atoms with E-state index in [1.54, 1.807) is 13.2 Å². The molecule has 0 amide bonds. The molecule has 0 heterocycles. The Morgan fingerprint density at radius 2 is 2.20 bits per heavy atom. The molecule has 0 fully saturated rings. The van der Waals surface area contributed by atoms with Crippen LogP contribution >= 0.6 is 0 Å². The molecule has 0 saturated heterocycles. The Kier molecular flexibility index (Phi) is 4.43. The SMILES string of the molecule is CCC(Cc1ccc(O)c(OC)c1)NC. The van der Waals surface area contributed by atoms with E-state index in [9.17, 15) is 5.11 Å². The fraction of sp³-hybridized carbons (Fsp3) is 0.500. The van der Waals surface area contributed by atoms with Crippen LogP contribution in [0.4, 0.5) is 0 Å². The maximum atomic E-state index is 9.44. The average molecular weight is 209 g/mol. The van der Waals surface area contributed by atoms with Crippen molar-refractivity contribution in [2.45, 2.75) is 25.8 Å². The van der Waals surface area contributed by atoms with Crippen molar-refractivity contribution in [3.05, 3.63) is 23.8 Å². The van der Waals surface area contributed by atoms with Crippen LogP contribution in [0.1, 0.15) is 18.9 Å². The van der Waals surface area contributed by atoms with Crippen LogP contribution in [-0.4, -0.2) is 25.3 Å². The summed E-state index contributed by atoms with van der Waals surface area (Å²) in [5.41, 5.74) is 1.17. The van der Waals surface area contributed by atoms with Crippen molar-refractivity contribution in [2.24, 2.45) is 0 Å². The van der Waals surface area contributed by atoms with Crippen LogP contribution in [0.25, 0.3) is 0 Å². The number of phenolic OH excluding ortho intramolecular Hbond substituents is 1. The number of benzene rings is 1. The van der Waals surface area contributed by atoms with Gasteiger partial charge in [0.15, 0.2) is 11.5 Å². The zero-order valence-electron chi connectivity index (χ0n) is 9.58. The lowest BCUT2D eigenvalue weighted by molar-refractivity contribution is 0.372. The molecule has 0 saturated carbocycles. The van der Waals surface area contributed by atoms with Crippen LogP contribution in [0.3, 0.4) is 0 Å². The molecular formula is C12H19NO2. The molecule has 3 heteroatoms. The molecule has 0 aliphatic heterocycles. The molecule has 2 N–H and O–H groups in total. The third-order valence-electron chi connectivity index (χ3n) is 2.63. The minimum absolute atomic E-state index is 0.193. The number of aromatic hydroxyl groups is 1. The Balaban J connectivity index is 2.77. The highest BCUT2D eigenvalue weighted by molar-refractivity contribution is 5.41. The first kappa shape index (κ1) is 11.9. The molecule has 1 aromatic rings. The first-order valence-corrected chi connectivity index (χ1v) is 5.24. The second-order valence-electron chi connectivity index (χ2n) is 3.60. The number of nitrogens with one attached hydrogen (secondary N) is 1. The topological polar surface area (TPSA) is 41.5 Å². The Labute approximate surface area is 91.1 Å². The molecule has 0 aliphatic carbocycles. The van der Waals surface area contributed by atoms with Gasteiger partial charge in [0.2, 0.25) is 0 Å². The van der Waals surface area contributed by atoms with Crippen LogP contribution in [0.2, 0.25) is 0 Å². The van der Waals surface area contributed by atoms with Gasteiger partial charge in [0.1, 0.15) is 0 Å². The van der Waals surface area contributed by atoms with Gasteiger partial charge in [0.05, 0.1) is 7.11 Å². The number of likely N-dealkylation sites (N-methyl/N-ethyl adjacent to an activating group) is 1. The number of phenols is 1. The van der Waals surface area contributed by atoms with Crippen molar-refractivity contribution in [1.29, 1.82) is 0 Å². The molecule has 1 aromatic carbocycles. The van der Waals surface area contributed by atoms with Gasteiger partial charge in [-0.3, -0.25) is 0 Å². The Hall–Kier alpha value is -1.22. The molecule has 1 atom stereocenters. The first-order valence-electron chi connectivity index (χ1n) is 5.24. The normalized spacial score (nSPS) is 12.5. The zero-order chi connectivity index (χ0) is 11.3.